The highest BCUT2D eigenvalue weighted by Gasteiger charge is 2.19. The predicted molar refractivity (Wildman–Crippen MR) is 119 cm³/mol. The Bertz CT molecular complexity index is 1010. The molecule has 2 N–H and O–H groups in total. The van der Waals surface area contributed by atoms with Gasteiger partial charge in [0, 0.05) is 50.2 Å². The zero-order valence-corrected chi connectivity index (χ0v) is 17.3. The van der Waals surface area contributed by atoms with Crippen LogP contribution in [0, 0.1) is 0 Å². The lowest BCUT2D eigenvalue weighted by Crippen LogP contribution is -2.46. The number of hydrogen-bond acceptors (Lipinski definition) is 6. The third-order valence-corrected chi connectivity index (χ3v) is 6.03. The molecule has 158 valence electrons. The zero-order chi connectivity index (χ0) is 20.3. The van der Waals surface area contributed by atoms with Gasteiger partial charge in [-0.25, -0.2) is 4.98 Å². The molecule has 0 radical (unpaired) electrons. The van der Waals surface area contributed by atoms with E-state index < -0.39 is 0 Å². The molecule has 2 aliphatic heterocycles. The molecule has 0 bridgehead atoms. The van der Waals surface area contributed by atoms with E-state index in [-0.39, 0.29) is 0 Å². The van der Waals surface area contributed by atoms with E-state index in [1.54, 1.807) is 0 Å². The van der Waals surface area contributed by atoms with Crippen LogP contribution in [-0.4, -0.2) is 60.4 Å². The highest BCUT2D eigenvalue weighted by molar-refractivity contribution is 5.78. The first-order valence-corrected chi connectivity index (χ1v) is 10.8. The smallest absolute Gasteiger partial charge is 0.163 e. The van der Waals surface area contributed by atoms with Crippen LogP contribution in [0.3, 0.4) is 0 Å². The molecule has 3 heterocycles. The molecule has 2 aromatic carbocycles. The lowest BCUT2D eigenvalue weighted by atomic mass is 10.2. The van der Waals surface area contributed by atoms with Gasteiger partial charge in [-0.2, -0.15) is 0 Å². The number of nitrogens with zero attached hydrogens (tertiary/aromatic N) is 4. The van der Waals surface area contributed by atoms with Crippen LogP contribution < -0.4 is 20.1 Å². The van der Waals surface area contributed by atoms with Crippen molar-refractivity contribution in [1.82, 2.24) is 14.5 Å². The number of piperazine rings is 1. The quantitative estimate of drug-likeness (QED) is 0.500. The predicted octanol–water partition coefficient (Wildman–Crippen LogP) is 2.99. The molecule has 0 unspecified atom stereocenters. The van der Waals surface area contributed by atoms with Gasteiger partial charge in [0.1, 0.15) is 13.2 Å². The van der Waals surface area contributed by atoms with E-state index in [0.717, 1.165) is 73.9 Å². The Morgan fingerprint density at radius 1 is 0.867 bits per heavy atom. The first kappa shape index (κ1) is 19.1. The van der Waals surface area contributed by atoms with Gasteiger partial charge in [0.05, 0.1) is 17.4 Å². The summed E-state index contributed by atoms with van der Waals surface area (Å²) in [7, 11) is 0. The number of ether oxygens (including phenoxy) is 2. The number of imidazole rings is 1. The van der Waals surface area contributed by atoms with Crippen LogP contribution in [-0.2, 0) is 6.54 Å². The standard InChI is InChI=1S/C23H29N5O2/c24-18-3-5-21-20(15-18)25-17-28(21)8-2-1-7-26-9-11-27(12-10-26)19-4-6-22-23(16-19)30-14-13-29-22/h3-6,15-17H,1-2,7-14,24H2. The summed E-state index contributed by atoms with van der Waals surface area (Å²) >= 11 is 0. The van der Waals surface area contributed by atoms with E-state index in [0.29, 0.717) is 13.2 Å². The van der Waals surface area contributed by atoms with Crippen molar-refractivity contribution in [2.75, 3.05) is 56.6 Å². The van der Waals surface area contributed by atoms with Gasteiger partial charge < -0.3 is 24.7 Å². The number of aromatic nitrogens is 2. The fourth-order valence-electron chi connectivity index (χ4n) is 4.33. The van der Waals surface area contributed by atoms with Gasteiger partial charge in [-0.05, 0) is 49.7 Å². The van der Waals surface area contributed by atoms with Gasteiger partial charge in [0.2, 0.25) is 0 Å². The molecule has 1 fully saturated rings. The Hall–Kier alpha value is -2.93. The Morgan fingerprint density at radius 2 is 1.67 bits per heavy atom. The normalized spacial score (nSPS) is 16.9. The minimum absolute atomic E-state index is 0.632. The van der Waals surface area contributed by atoms with Crippen LogP contribution in [0.4, 0.5) is 11.4 Å². The summed E-state index contributed by atoms with van der Waals surface area (Å²) in [6.07, 6.45) is 4.27. The van der Waals surface area contributed by atoms with Crippen molar-refractivity contribution in [3.05, 3.63) is 42.7 Å². The van der Waals surface area contributed by atoms with Gasteiger partial charge >= 0.3 is 0 Å². The van der Waals surface area contributed by atoms with Crippen molar-refractivity contribution in [1.29, 1.82) is 0 Å². The van der Waals surface area contributed by atoms with Crippen LogP contribution in [0.15, 0.2) is 42.7 Å². The van der Waals surface area contributed by atoms with Crippen molar-refractivity contribution in [2.24, 2.45) is 0 Å². The Morgan fingerprint density at radius 3 is 2.53 bits per heavy atom. The molecule has 0 spiro atoms. The molecule has 3 aromatic rings. The number of benzene rings is 2. The number of anilines is 2. The van der Waals surface area contributed by atoms with Crippen LogP contribution >= 0.6 is 0 Å². The van der Waals surface area contributed by atoms with Crippen molar-refractivity contribution in [2.45, 2.75) is 19.4 Å². The number of aryl methyl sites for hydroxylation is 1. The van der Waals surface area contributed by atoms with E-state index in [4.69, 9.17) is 15.2 Å². The molecular formula is C23H29N5O2. The number of hydrogen-bond donors (Lipinski definition) is 1. The maximum Gasteiger partial charge on any atom is 0.163 e. The number of fused-ring (bicyclic) bond motifs is 2. The molecule has 0 atom stereocenters. The van der Waals surface area contributed by atoms with Gasteiger partial charge in [-0.15, -0.1) is 0 Å². The number of unbranched alkanes of at least 4 members (excludes halogenated alkanes) is 1. The van der Waals surface area contributed by atoms with Crippen LogP contribution in [0.25, 0.3) is 11.0 Å². The molecule has 0 saturated carbocycles. The van der Waals surface area contributed by atoms with Gasteiger partial charge in [-0.3, -0.25) is 4.90 Å². The summed E-state index contributed by atoms with van der Waals surface area (Å²) in [4.78, 5) is 9.48. The topological polar surface area (TPSA) is 68.8 Å². The minimum Gasteiger partial charge on any atom is -0.486 e. The summed E-state index contributed by atoms with van der Waals surface area (Å²) in [5, 5.41) is 0. The summed E-state index contributed by atoms with van der Waals surface area (Å²) < 4.78 is 13.6. The highest BCUT2D eigenvalue weighted by atomic mass is 16.6. The van der Waals surface area contributed by atoms with E-state index in [2.05, 4.69) is 37.5 Å². The summed E-state index contributed by atoms with van der Waals surface area (Å²) in [6.45, 7) is 7.71. The van der Waals surface area contributed by atoms with Gasteiger partial charge in [0.15, 0.2) is 11.5 Å². The van der Waals surface area contributed by atoms with E-state index in [1.807, 2.05) is 24.5 Å². The first-order valence-electron chi connectivity index (χ1n) is 10.8. The maximum atomic E-state index is 5.84. The van der Waals surface area contributed by atoms with Gasteiger partial charge in [-0.1, -0.05) is 0 Å². The van der Waals surface area contributed by atoms with Gasteiger partial charge in [0.25, 0.3) is 0 Å². The van der Waals surface area contributed by atoms with E-state index >= 15 is 0 Å². The average Bonchev–Trinajstić information content (AvgIpc) is 3.18. The molecule has 30 heavy (non-hydrogen) atoms. The van der Waals surface area contributed by atoms with Crippen molar-refractivity contribution in [3.8, 4) is 11.5 Å². The number of nitrogen functional groups attached to an aromatic ring is 1. The molecule has 0 amide bonds. The second-order valence-corrected chi connectivity index (χ2v) is 8.05. The second kappa shape index (κ2) is 8.44. The monoisotopic (exact) mass is 407 g/mol. The molecule has 5 rings (SSSR count). The zero-order valence-electron chi connectivity index (χ0n) is 17.3. The third kappa shape index (κ3) is 4.03. The molecule has 1 saturated heterocycles. The molecule has 2 aliphatic rings. The fraction of sp³-hybridized carbons (Fsp3) is 0.435. The SMILES string of the molecule is Nc1ccc2c(c1)ncn2CCCCN1CCN(c2ccc3c(c2)OCCO3)CC1. The maximum absolute atomic E-state index is 5.84. The molecular weight excluding hydrogens is 378 g/mol. The fourth-order valence-corrected chi connectivity index (χ4v) is 4.33. The average molecular weight is 408 g/mol. The Balaban J connectivity index is 1.07. The molecule has 7 heteroatoms. The van der Waals surface area contributed by atoms with Crippen LogP contribution in [0.5, 0.6) is 11.5 Å². The van der Waals surface area contributed by atoms with Crippen molar-refractivity contribution in [3.63, 3.8) is 0 Å². The molecule has 1 aromatic heterocycles. The summed E-state index contributed by atoms with van der Waals surface area (Å²) in [6, 6.07) is 12.2. The number of rotatable bonds is 6. The van der Waals surface area contributed by atoms with Crippen molar-refractivity contribution < 1.29 is 9.47 Å². The summed E-state index contributed by atoms with van der Waals surface area (Å²) in [5.41, 5.74) is 9.98. The first-order chi connectivity index (χ1) is 14.8. The third-order valence-electron chi connectivity index (χ3n) is 6.03. The Kier molecular flexibility index (Phi) is 5.36. The molecule has 0 aliphatic carbocycles. The highest BCUT2D eigenvalue weighted by Crippen LogP contribution is 2.34. The minimum atomic E-state index is 0.632. The second-order valence-electron chi connectivity index (χ2n) is 8.05. The summed E-state index contributed by atoms with van der Waals surface area (Å²) in [5.74, 6) is 1.73. The van der Waals surface area contributed by atoms with Crippen LogP contribution in [0.2, 0.25) is 0 Å². The Labute approximate surface area is 177 Å². The molecule has 7 nitrogen and oxygen atoms in total. The lowest BCUT2D eigenvalue weighted by molar-refractivity contribution is 0.171. The lowest BCUT2D eigenvalue weighted by Gasteiger charge is -2.36. The van der Waals surface area contributed by atoms with Crippen molar-refractivity contribution >= 4 is 22.4 Å². The van der Waals surface area contributed by atoms with E-state index in [9.17, 15) is 0 Å². The van der Waals surface area contributed by atoms with Crippen LogP contribution in [0.1, 0.15) is 12.8 Å². The number of nitrogens with two attached hydrogens (primary N) is 1. The van der Waals surface area contributed by atoms with E-state index in [1.165, 1.54) is 12.1 Å². The largest absolute Gasteiger partial charge is 0.486 e.